The molecule has 134 valence electrons. The minimum absolute atomic E-state index is 0.0644. The van der Waals surface area contributed by atoms with Crippen LogP contribution in [0.15, 0.2) is 35.0 Å². The molecule has 25 heavy (non-hydrogen) atoms. The summed E-state index contributed by atoms with van der Waals surface area (Å²) in [5.41, 5.74) is 0. The summed E-state index contributed by atoms with van der Waals surface area (Å²) in [4.78, 5) is 30.8. The maximum absolute atomic E-state index is 12.4. The summed E-state index contributed by atoms with van der Waals surface area (Å²) in [5, 5.41) is 7.00. The molecule has 0 bridgehead atoms. The van der Waals surface area contributed by atoms with Crippen molar-refractivity contribution in [3.8, 4) is 0 Å². The first-order valence-corrected chi connectivity index (χ1v) is 10.3. The molecular weight excluding hydrogens is 354 g/mol. The molecule has 3 rings (SSSR count). The van der Waals surface area contributed by atoms with Gasteiger partial charge in [-0.05, 0) is 36.2 Å². The highest BCUT2D eigenvalue weighted by Gasteiger charge is 2.27. The van der Waals surface area contributed by atoms with Gasteiger partial charge in [0.2, 0.25) is 5.91 Å². The van der Waals surface area contributed by atoms with E-state index in [-0.39, 0.29) is 17.9 Å². The third-order valence-corrected chi connectivity index (χ3v) is 6.31. The molecule has 1 fully saturated rings. The van der Waals surface area contributed by atoms with Gasteiger partial charge in [-0.3, -0.25) is 14.5 Å². The molecular formula is C18H23N3O2S2. The van der Waals surface area contributed by atoms with Gasteiger partial charge in [-0.15, -0.1) is 22.7 Å². The quantitative estimate of drug-likeness (QED) is 0.841. The lowest BCUT2D eigenvalue weighted by Gasteiger charge is -2.37. The van der Waals surface area contributed by atoms with E-state index < -0.39 is 0 Å². The molecule has 0 aromatic carbocycles. The maximum Gasteiger partial charge on any atom is 0.264 e. The predicted molar refractivity (Wildman–Crippen MR) is 102 cm³/mol. The molecule has 0 spiro atoms. The molecule has 2 aromatic heterocycles. The van der Waals surface area contributed by atoms with Crippen molar-refractivity contribution < 1.29 is 9.59 Å². The van der Waals surface area contributed by atoms with Crippen molar-refractivity contribution in [1.82, 2.24) is 15.1 Å². The molecule has 1 N–H and O–H groups in total. The number of carbonyl (C=O) groups is 2. The Balaban J connectivity index is 1.42. The first kappa shape index (κ1) is 18.1. The standard InChI is InChI=1S/C18H23N3O2S2/c1-14(17(22)19-7-6-15-4-2-12-24-15)20-8-10-21(11-9-20)18(23)16-5-3-13-25-16/h2-5,12-14H,6-11H2,1H3,(H,19,22). The van der Waals surface area contributed by atoms with Crippen LogP contribution in [0.5, 0.6) is 0 Å². The molecule has 1 unspecified atom stereocenters. The average molecular weight is 378 g/mol. The Hall–Kier alpha value is -1.70. The van der Waals surface area contributed by atoms with Crippen LogP contribution in [0.2, 0.25) is 0 Å². The Morgan fingerprint density at radius 3 is 2.48 bits per heavy atom. The number of thiophene rings is 2. The SMILES string of the molecule is CC(C(=O)NCCc1cccs1)N1CCN(C(=O)c2cccs2)CC1. The Morgan fingerprint density at radius 1 is 1.12 bits per heavy atom. The minimum Gasteiger partial charge on any atom is -0.354 e. The summed E-state index contributed by atoms with van der Waals surface area (Å²) in [6.07, 6.45) is 0.874. The largest absolute Gasteiger partial charge is 0.354 e. The van der Waals surface area contributed by atoms with Gasteiger partial charge in [0, 0.05) is 37.6 Å². The number of amides is 2. The Morgan fingerprint density at radius 2 is 1.84 bits per heavy atom. The van der Waals surface area contributed by atoms with Crippen LogP contribution in [-0.2, 0) is 11.2 Å². The van der Waals surface area contributed by atoms with Crippen molar-refractivity contribution in [2.45, 2.75) is 19.4 Å². The highest BCUT2D eigenvalue weighted by Crippen LogP contribution is 2.15. The van der Waals surface area contributed by atoms with E-state index in [1.807, 2.05) is 35.4 Å². The summed E-state index contributed by atoms with van der Waals surface area (Å²) in [7, 11) is 0. The van der Waals surface area contributed by atoms with E-state index in [9.17, 15) is 9.59 Å². The number of nitrogens with zero attached hydrogens (tertiary/aromatic N) is 2. The Bertz CT molecular complexity index is 677. The topological polar surface area (TPSA) is 52.7 Å². The van der Waals surface area contributed by atoms with Crippen molar-refractivity contribution in [3.63, 3.8) is 0 Å². The van der Waals surface area contributed by atoms with E-state index in [0.29, 0.717) is 19.6 Å². The zero-order valence-electron chi connectivity index (χ0n) is 14.3. The number of nitrogens with one attached hydrogen (secondary N) is 1. The highest BCUT2D eigenvalue weighted by molar-refractivity contribution is 7.12. The number of carbonyl (C=O) groups excluding carboxylic acids is 2. The number of hydrogen-bond acceptors (Lipinski definition) is 5. The number of rotatable bonds is 6. The normalized spacial score (nSPS) is 16.6. The zero-order valence-corrected chi connectivity index (χ0v) is 15.9. The summed E-state index contributed by atoms with van der Waals surface area (Å²) in [6, 6.07) is 7.72. The van der Waals surface area contributed by atoms with Crippen LogP contribution in [0.3, 0.4) is 0 Å². The summed E-state index contributed by atoms with van der Waals surface area (Å²) < 4.78 is 0. The second kappa shape index (κ2) is 8.60. The molecule has 7 heteroatoms. The summed E-state index contributed by atoms with van der Waals surface area (Å²) in [5.74, 6) is 0.164. The van der Waals surface area contributed by atoms with Crippen molar-refractivity contribution in [2.75, 3.05) is 32.7 Å². The van der Waals surface area contributed by atoms with Crippen LogP contribution in [0.4, 0.5) is 0 Å². The molecule has 1 aliphatic heterocycles. The maximum atomic E-state index is 12.4. The van der Waals surface area contributed by atoms with Crippen molar-refractivity contribution in [2.24, 2.45) is 0 Å². The van der Waals surface area contributed by atoms with E-state index in [2.05, 4.69) is 21.7 Å². The molecule has 2 amide bonds. The van der Waals surface area contributed by atoms with E-state index in [4.69, 9.17) is 0 Å². The molecule has 0 saturated carbocycles. The van der Waals surface area contributed by atoms with Gasteiger partial charge in [-0.1, -0.05) is 12.1 Å². The first-order valence-electron chi connectivity index (χ1n) is 8.52. The molecule has 0 radical (unpaired) electrons. The lowest BCUT2D eigenvalue weighted by Crippen LogP contribution is -2.55. The van der Waals surface area contributed by atoms with Crippen molar-refractivity contribution in [1.29, 1.82) is 0 Å². The van der Waals surface area contributed by atoms with Gasteiger partial charge >= 0.3 is 0 Å². The highest BCUT2D eigenvalue weighted by atomic mass is 32.1. The zero-order chi connectivity index (χ0) is 17.6. The van der Waals surface area contributed by atoms with Crippen LogP contribution in [0.1, 0.15) is 21.5 Å². The van der Waals surface area contributed by atoms with Crippen molar-refractivity contribution in [3.05, 3.63) is 44.8 Å². The number of piperazine rings is 1. The van der Waals surface area contributed by atoms with E-state index >= 15 is 0 Å². The minimum atomic E-state index is -0.165. The van der Waals surface area contributed by atoms with Gasteiger partial charge in [0.1, 0.15) is 0 Å². The first-order chi connectivity index (χ1) is 12.1. The third kappa shape index (κ3) is 4.68. The fraction of sp³-hybridized carbons (Fsp3) is 0.444. The molecule has 2 aromatic rings. The molecule has 0 aliphatic carbocycles. The van der Waals surface area contributed by atoms with Crippen LogP contribution >= 0.6 is 22.7 Å². The van der Waals surface area contributed by atoms with Gasteiger partial charge < -0.3 is 10.2 Å². The van der Waals surface area contributed by atoms with Gasteiger partial charge in [0.05, 0.1) is 10.9 Å². The van der Waals surface area contributed by atoms with Crippen LogP contribution < -0.4 is 5.32 Å². The molecule has 5 nitrogen and oxygen atoms in total. The fourth-order valence-corrected chi connectivity index (χ4v) is 4.35. The van der Waals surface area contributed by atoms with E-state index in [0.717, 1.165) is 24.4 Å². The van der Waals surface area contributed by atoms with Gasteiger partial charge in [0.15, 0.2) is 0 Å². The second-order valence-corrected chi connectivity index (χ2v) is 8.08. The lowest BCUT2D eigenvalue weighted by atomic mass is 10.2. The molecule has 3 heterocycles. The Kier molecular flexibility index (Phi) is 6.23. The Labute approximate surface area is 156 Å². The predicted octanol–water partition coefficient (Wildman–Crippen LogP) is 2.31. The monoisotopic (exact) mass is 377 g/mol. The van der Waals surface area contributed by atoms with Gasteiger partial charge in [-0.25, -0.2) is 0 Å². The number of hydrogen-bond donors (Lipinski definition) is 1. The fourth-order valence-electron chi connectivity index (χ4n) is 2.95. The lowest BCUT2D eigenvalue weighted by molar-refractivity contribution is -0.126. The second-order valence-electron chi connectivity index (χ2n) is 6.10. The van der Waals surface area contributed by atoms with Crippen molar-refractivity contribution >= 4 is 34.5 Å². The average Bonchev–Trinajstić information content (AvgIpc) is 3.34. The molecule has 1 atom stereocenters. The van der Waals surface area contributed by atoms with Gasteiger partial charge in [0.25, 0.3) is 5.91 Å². The van der Waals surface area contributed by atoms with Crippen LogP contribution in [0, 0.1) is 0 Å². The van der Waals surface area contributed by atoms with Gasteiger partial charge in [-0.2, -0.15) is 0 Å². The van der Waals surface area contributed by atoms with E-state index in [1.54, 1.807) is 11.3 Å². The molecule has 1 aliphatic rings. The van der Waals surface area contributed by atoms with Crippen LogP contribution in [-0.4, -0.2) is 60.4 Å². The third-order valence-electron chi connectivity index (χ3n) is 4.51. The van der Waals surface area contributed by atoms with Crippen LogP contribution in [0.25, 0.3) is 0 Å². The molecule has 1 saturated heterocycles. The smallest absolute Gasteiger partial charge is 0.264 e. The van der Waals surface area contributed by atoms with E-state index in [1.165, 1.54) is 16.2 Å². The summed E-state index contributed by atoms with van der Waals surface area (Å²) >= 11 is 3.19. The summed E-state index contributed by atoms with van der Waals surface area (Å²) in [6.45, 7) is 5.41.